The van der Waals surface area contributed by atoms with Gasteiger partial charge in [0.15, 0.2) is 0 Å². The number of aromatic nitrogens is 2. The Morgan fingerprint density at radius 1 is 1.90 bits per heavy atom. The summed E-state index contributed by atoms with van der Waals surface area (Å²) in [6.45, 7) is 1.81. The zero-order valence-electron chi connectivity index (χ0n) is 5.45. The second-order valence-corrected chi connectivity index (χ2v) is 2.76. The summed E-state index contributed by atoms with van der Waals surface area (Å²) in [6, 6.07) is 1.96. The highest BCUT2D eigenvalue weighted by molar-refractivity contribution is 9.10. The van der Waals surface area contributed by atoms with E-state index in [1.165, 1.54) is 0 Å². The third-order valence-corrected chi connectivity index (χ3v) is 1.61. The van der Waals surface area contributed by atoms with Gasteiger partial charge in [0.25, 0.3) is 0 Å². The van der Waals surface area contributed by atoms with Gasteiger partial charge in [-0.15, -0.1) is 0 Å². The van der Waals surface area contributed by atoms with Crippen molar-refractivity contribution in [2.45, 2.75) is 13.0 Å². The lowest BCUT2D eigenvalue weighted by Crippen LogP contribution is -1.97. The highest BCUT2D eigenvalue weighted by atomic mass is 79.9. The summed E-state index contributed by atoms with van der Waals surface area (Å²) in [4.78, 5) is 3.91. The summed E-state index contributed by atoms with van der Waals surface area (Å²) in [5.74, 6) is 0. The number of halogens is 1. The lowest BCUT2D eigenvalue weighted by Gasteiger charge is -1.99. The van der Waals surface area contributed by atoms with E-state index in [0.29, 0.717) is 0 Å². The smallest absolute Gasteiger partial charge is 0.124 e. The highest BCUT2D eigenvalue weighted by Crippen LogP contribution is 2.09. The lowest BCUT2D eigenvalue weighted by molar-refractivity contribution is 0.672. The van der Waals surface area contributed by atoms with E-state index in [0.717, 1.165) is 4.60 Å². The second kappa shape index (κ2) is 2.84. The van der Waals surface area contributed by atoms with Gasteiger partial charge in [0, 0.05) is 6.20 Å². The van der Waals surface area contributed by atoms with Crippen LogP contribution in [0.3, 0.4) is 0 Å². The van der Waals surface area contributed by atoms with E-state index in [1.807, 2.05) is 6.92 Å². The summed E-state index contributed by atoms with van der Waals surface area (Å²) in [6.07, 6.45) is 3.39. The summed E-state index contributed by atoms with van der Waals surface area (Å²) < 4.78 is 2.50. The average Bonchev–Trinajstić information content (AvgIpc) is 2.34. The Balaban J connectivity index is 2.87. The minimum absolute atomic E-state index is 0.140. The minimum Gasteiger partial charge on any atom is -0.320 e. The van der Waals surface area contributed by atoms with Gasteiger partial charge in [0.05, 0.1) is 12.4 Å². The van der Waals surface area contributed by atoms with Crippen molar-refractivity contribution >= 4 is 15.9 Å². The molecule has 3 nitrogen and oxygen atoms in total. The number of nitrogens with zero attached hydrogens (tertiary/aromatic N) is 3. The van der Waals surface area contributed by atoms with Crippen LogP contribution in [0, 0.1) is 11.3 Å². The van der Waals surface area contributed by atoms with E-state index in [4.69, 9.17) is 5.26 Å². The molecule has 0 amide bonds. The van der Waals surface area contributed by atoms with Gasteiger partial charge in [-0.25, -0.2) is 4.98 Å². The zero-order chi connectivity index (χ0) is 7.56. The van der Waals surface area contributed by atoms with Crippen LogP contribution in [0.25, 0.3) is 0 Å². The molecule has 0 aliphatic carbocycles. The van der Waals surface area contributed by atoms with Crippen LogP contribution in [-0.2, 0) is 0 Å². The Labute approximate surface area is 67.4 Å². The Morgan fingerprint density at radius 3 is 3.00 bits per heavy atom. The van der Waals surface area contributed by atoms with Crippen molar-refractivity contribution in [1.82, 2.24) is 9.55 Å². The number of imidazole rings is 1. The van der Waals surface area contributed by atoms with Gasteiger partial charge in [-0.3, -0.25) is 0 Å². The largest absolute Gasteiger partial charge is 0.320 e. The molecule has 0 saturated heterocycles. The van der Waals surface area contributed by atoms with Crippen LogP contribution in [0.15, 0.2) is 17.1 Å². The molecule has 52 valence electrons. The van der Waals surface area contributed by atoms with Gasteiger partial charge in [-0.2, -0.15) is 5.26 Å². The SMILES string of the molecule is CC(C#N)n1cnc(Br)c1. The van der Waals surface area contributed by atoms with Crippen LogP contribution in [0.5, 0.6) is 0 Å². The van der Waals surface area contributed by atoms with Crippen molar-refractivity contribution in [2.24, 2.45) is 0 Å². The van der Waals surface area contributed by atoms with Gasteiger partial charge in [-0.05, 0) is 22.9 Å². The van der Waals surface area contributed by atoms with Crippen molar-refractivity contribution in [1.29, 1.82) is 5.26 Å². The normalized spacial score (nSPS) is 12.5. The van der Waals surface area contributed by atoms with E-state index < -0.39 is 0 Å². The maximum absolute atomic E-state index is 8.48. The van der Waals surface area contributed by atoms with Crippen LogP contribution in [0.2, 0.25) is 0 Å². The molecule has 1 heterocycles. The summed E-state index contributed by atoms with van der Waals surface area (Å²) >= 11 is 3.19. The van der Waals surface area contributed by atoms with Crippen LogP contribution < -0.4 is 0 Å². The quantitative estimate of drug-likeness (QED) is 0.692. The highest BCUT2D eigenvalue weighted by Gasteiger charge is 2.01. The fourth-order valence-electron chi connectivity index (χ4n) is 0.590. The molecule has 0 spiro atoms. The maximum atomic E-state index is 8.48. The van der Waals surface area contributed by atoms with Gasteiger partial charge in [0.1, 0.15) is 10.6 Å². The molecule has 0 aliphatic rings. The molecule has 0 saturated carbocycles. The van der Waals surface area contributed by atoms with Crippen molar-refractivity contribution in [2.75, 3.05) is 0 Å². The molecular weight excluding hydrogens is 194 g/mol. The number of hydrogen-bond donors (Lipinski definition) is 0. The molecule has 10 heavy (non-hydrogen) atoms. The van der Waals surface area contributed by atoms with E-state index in [9.17, 15) is 0 Å². The van der Waals surface area contributed by atoms with Gasteiger partial charge in [0.2, 0.25) is 0 Å². The Bertz CT molecular complexity index is 260. The molecular formula is C6H6BrN3. The molecule has 1 aromatic rings. The predicted molar refractivity (Wildman–Crippen MR) is 40.3 cm³/mol. The first kappa shape index (κ1) is 7.29. The second-order valence-electron chi connectivity index (χ2n) is 1.95. The topological polar surface area (TPSA) is 41.6 Å². The van der Waals surface area contributed by atoms with E-state index >= 15 is 0 Å². The van der Waals surface area contributed by atoms with Crippen LogP contribution in [0.4, 0.5) is 0 Å². The fraction of sp³-hybridized carbons (Fsp3) is 0.333. The maximum Gasteiger partial charge on any atom is 0.124 e. The van der Waals surface area contributed by atoms with E-state index in [1.54, 1.807) is 17.1 Å². The lowest BCUT2D eigenvalue weighted by atomic mass is 10.4. The van der Waals surface area contributed by atoms with Crippen molar-refractivity contribution in [3.63, 3.8) is 0 Å². The van der Waals surface area contributed by atoms with Gasteiger partial charge >= 0.3 is 0 Å². The molecule has 0 aromatic carbocycles. The first-order valence-electron chi connectivity index (χ1n) is 2.82. The predicted octanol–water partition coefficient (Wildman–Crippen LogP) is 1.73. The van der Waals surface area contributed by atoms with Crippen LogP contribution in [-0.4, -0.2) is 9.55 Å². The third-order valence-electron chi connectivity index (χ3n) is 1.20. The van der Waals surface area contributed by atoms with Crippen molar-refractivity contribution in [3.05, 3.63) is 17.1 Å². The number of hydrogen-bond acceptors (Lipinski definition) is 2. The molecule has 4 heteroatoms. The Morgan fingerprint density at radius 2 is 2.60 bits per heavy atom. The molecule has 1 unspecified atom stereocenters. The van der Waals surface area contributed by atoms with Crippen molar-refractivity contribution in [3.8, 4) is 6.07 Å². The molecule has 0 fully saturated rings. The third kappa shape index (κ3) is 1.36. The molecule has 0 N–H and O–H groups in total. The zero-order valence-corrected chi connectivity index (χ0v) is 7.04. The summed E-state index contributed by atoms with van der Waals surface area (Å²) in [5.41, 5.74) is 0. The molecule has 0 aliphatic heterocycles. The average molecular weight is 200 g/mol. The first-order chi connectivity index (χ1) is 4.74. The van der Waals surface area contributed by atoms with E-state index in [2.05, 4.69) is 27.0 Å². The first-order valence-corrected chi connectivity index (χ1v) is 3.62. The fourth-order valence-corrected chi connectivity index (χ4v) is 0.918. The van der Waals surface area contributed by atoms with E-state index in [-0.39, 0.29) is 6.04 Å². The molecule has 1 rings (SSSR count). The molecule has 0 bridgehead atoms. The Kier molecular flexibility index (Phi) is 2.07. The van der Waals surface area contributed by atoms with Gasteiger partial charge < -0.3 is 4.57 Å². The van der Waals surface area contributed by atoms with Crippen molar-refractivity contribution < 1.29 is 0 Å². The standard InChI is InChI=1S/C6H6BrN3/c1-5(2-8)10-3-6(7)9-4-10/h3-5H,1H3. The summed E-state index contributed by atoms with van der Waals surface area (Å²) in [5, 5.41) is 8.48. The summed E-state index contributed by atoms with van der Waals surface area (Å²) in [7, 11) is 0. The molecule has 1 aromatic heterocycles. The number of rotatable bonds is 1. The monoisotopic (exact) mass is 199 g/mol. The van der Waals surface area contributed by atoms with Gasteiger partial charge in [-0.1, -0.05) is 0 Å². The number of nitriles is 1. The molecule has 0 radical (unpaired) electrons. The Hall–Kier alpha value is -0.820. The molecule has 1 atom stereocenters. The van der Waals surface area contributed by atoms with Crippen LogP contribution >= 0.6 is 15.9 Å². The van der Waals surface area contributed by atoms with Crippen LogP contribution in [0.1, 0.15) is 13.0 Å². The minimum atomic E-state index is -0.140.